The highest BCUT2D eigenvalue weighted by molar-refractivity contribution is 9.10. The quantitative estimate of drug-likeness (QED) is 0.768. The van der Waals surface area contributed by atoms with Crippen LogP contribution in [0.2, 0.25) is 0 Å². The molecule has 1 aliphatic rings. The van der Waals surface area contributed by atoms with Gasteiger partial charge in [-0.15, -0.1) is 12.4 Å². The highest BCUT2D eigenvalue weighted by atomic mass is 79.9. The van der Waals surface area contributed by atoms with Crippen molar-refractivity contribution < 1.29 is 9.18 Å². The second-order valence-corrected chi connectivity index (χ2v) is 5.68. The summed E-state index contributed by atoms with van der Waals surface area (Å²) in [6, 6.07) is 4.28. The van der Waals surface area contributed by atoms with E-state index in [9.17, 15) is 9.18 Å². The zero-order chi connectivity index (χ0) is 14.4. The van der Waals surface area contributed by atoms with Crippen LogP contribution in [0.1, 0.15) is 16.8 Å². The Bertz CT molecular complexity index is 470. The summed E-state index contributed by atoms with van der Waals surface area (Å²) in [5.74, 6) is -0.522. The molecule has 4 nitrogen and oxygen atoms in total. The Kier molecular flexibility index (Phi) is 8.18. The molecule has 0 atom stereocenters. The van der Waals surface area contributed by atoms with Gasteiger partial charge in [-0.05, 0) is 47.1 Å². The molecule has 0 unspecified atom stereocenters. The Morgan fingerprint density at radius 2 is 2.10 bits per heavy atom. The van der Waals surface area contributed by atoms with Crippen molar-refractivity contribution >= 4 is 34.2 Å². The monoisotopic (exact) mass is 379 g/mol. The van der Waals surface area contributed by atoms with Crippen LogP contribution in [0.15, 0.2) is 22.7 Å². The van der Waals surface area contributed by atoms with Crippen molar-refractivity contribution in [3.05, 3.63) is 34.1 Å². The number of carbonyl (C=O) groups excluding carboxylic acids is 1. The molecule has 0 radical (unpaired) electrons. The average molecular weight is 381 g/mol. The molecule has 1 aromatic carbocycles. The van der Waals surface area contributed by atoms with E-state index in [-0.39, 0.29) is 24.1 Å². The largest absolute Gasteiger partial charge is 0.352 e. The Morgan fingerprint density at radius 1 is 1.38 bits per heavy atom. The van der Waals surface area contributed by atoms with Crippen LogP contribution in [-0.4, -0.2) is 50.1 Å². The molecule has 0 bridgehead atoms. The number of hydrogen-bond donors (Lipinski definition) is 2. The van der Waals surface area contributed by atoms with Gasteiger partial charge in [0.2, 0.25) is 0 Å². The minimum absolute atomic E-state index is 0. The van der Waals surface area contributed by atoms with Crippen LogP contribution in [-0.2, 0) is 0 Å². The Hall–Kier alpha value is -0.690. The molecule has 1 aliphatic heterocycles. The fourth-order valence-electron chi connectivity index (χ4n) is 2.18. The predicted octanol–water partition coefficient (Wildman–Crippen LogP) is 2.04. The molecule has 1 aromatic rings. The molecule has 118 valence electrons. The van der Waals surface area contributed by atoms with E-state index >= 15 is 0 Å². The van der Waals surface area contributed by atoms with E-state index in [0.717, 1.165) is 39.1 Å². The smallest absolute Gasteiger partial charge is 0.251 e. The first-order chi connectivity index (χ1) is 9.66. The summed E-state index contributed by atoms with van der Waals surface area (Å²) < 4.78 is 13.4. The number of carbonyl (C=O) groups is 1. The van der Waals surface area contributed by atoms with E-state index < -0.39 is 0 Å². The number of nitrogens with zero attached hydrogens (tertiary/aromatic N) is 1. The van der Waals surface area contributed by atoms with Crippen LogP contribution >= 0.6 is 28.3 Å². The van der Waals surface area contributed by atoms with Gasteiger partial charge >= 0.3 is 0 Å². The summed E-state index contributed by atoms with van der Waals surface area (Å²) in [4.78, 5) is 14.3. The second kappa shape index (κ2) is 9.35. The molecule has 7 heteroatoms. The summed E-state index contributed by atoms with van der Waals surface area (Å²) in [5.41, 5.74) is 0.473. The molecule has 1 amide bonds. The Labute approximate surface area is 139 Å². The highest BCUT2D eigenvalue weighted by Crippen LogP contribution is 2.16. The molecular formula is C14H20BrClFN3O. The Balaban J connectivity index is 0.00000220. The maximum atomic E-state index is 13.1. The van der Waals surface area contributed by atoms with E-state index in [1.54, 1.807) is 0 Å². The Morgan fingerprint density at radius 3 is 2.76 bits per heavy atom. The summed E-state index contributed by atoms with van der Waals surface area (Å²) in [7, 11) is 0. The van der Waals surface area contributed by atoms with Crippen molar-refractivity contribution in [1.29, 1.82) is 0 Å². The van der Waals surface area contributed by atoms with Crippen LogP contribution in [0.3, 0.4) is 0 Å². The fraction of sp³-hybridized carbons (Fsp3) is 0.500. The molecule has 0 aliphatic carbocycles. The van der Waals surface area contributed by atoms with Crippen molar-refractivity contribution in [3.8, 4) is 0 Å². The first kappa shape index (κ1) is 18.4. The lowest BCUT2D eigenvalue weighted by Gasteiger charge is -2.27. The van der Waals surface area contributed by atoms with Gasteiger partial charge in [0.25, 0.3) is 5.91 Å². The van der Waals surface area contributed by atoms with Crippen molar-refractivity contribution in [2.24, 2.45) is 0 Å². The molecule has 0 spiro atoms. The number of rotatable bonds is 5. The van der Waals surface area contributed by atoms with Crippen LogP contribution in [0.25, 0.3) is 0 Å². The lowest BCUT2D eigenvalue weighted by atomic mass is 10.2. The lowest BCUT2D eigenvalue weighted by Crippen LogP contribution is -2.44. The fourth-order valence-corrected chi connectivity index (χ4v) is 2.56. The number of piperazine rings is 1. The molecule has 0 saturated carbocycles. The topological polar surface area (TPSA) is 44.4 Å². The SMILES string of the molecule is Cl.O=C(NCCCN1CCNCC1)c1ccc(F)c(Br)c1. The van der Waals surface area contributed by atoms with Crippen molar-refractivity contribution in [2.45, 2.75) is 6.42 Å². The molecule has 1 heterocycles. The third kappa shape index (κ3) is 5.90. The van der Waals surface area contributed by atoms with E-state index in [1.807, 2.05) is 0 Å². The normalized spacial score (nSPS) is 15.3. The number of hydrogen-bond acceptors (Lipinski definition) is 3. The molecule has 1 saturated heterocycles. The first-order valence-corrected chi connectivity index (χ1v) is 7.62. The van der Waals surface area contributed by atoms with Gasteiger partial charge in [-0.1, -0.05) is 0 Å². The zero-order valence-corrected chi connectivity index (χ0v) is 14.1. The molecule has 2 rings (SSSR count). The van der Waals surface area contributed by atoms with Crippen molar-refractivity contribution in [2.75, 3.05) is 39.3 Å². The summed E-state index contributed by atoms with van der Waals surface area (Å²) in [6.45, 7) is 5.84. The third-order valence-electron chi connectivity index (χ3n) is 3.33. The highest BCUT2D eigenvalue weighted by Gasteiger charge is 2.10. The van der Waals surface area contributed by atoms with Gasteiger partial charge < -0.3 is 15.5 Å². The molecule has 21 heavy (non-hydrogen) atoms. The maximum Gasteiger partial charge on any atom is 0.251 e. The number of benzene rings is 1. The number of nitrogens with one attached hydrogen (secondary N) is 2. The summed E-state index contributed by atoms with van der Waals surface area (Å²) >= 11 is 3.08. The summed E-state index contributed by atoms with van der Waals surface area (Å²) in [6.07, 6.45) is 0.925. The number of amides is 1. The predicted molar refractivity (Wildman–Crippen MR) is 87.6 cm³/mol. The van der Waals surface area contributed by atoms with Gasteiger partial charge in [0.15, 0.2) is 0 Å². The molecular weight excluding hydrogens is 361 g/mol. The zero-order valence-electron chi connectivity index (χ0n) is 11.7. The van der Waals surface area contributed by atoms with Crippen LogP contribution in [0.5, 0.6) is 0 Å². The van der Waals surface area contributed by atoms with E-state index in [0.29, 0.717) is 16.6 Å². The summed E-state index contributed by atoms with van der Waals surface area (Å²) in [5, 5.41) is 6.17. The van der Waals surface area contributed by atoms with Crippen molar-refractivity contribution in [3.63, 3.8) is 0 Å². The van der Waals surface area contributed by atoms with Crippen LogP contribution in [0.4, 0.5) is 4.39 Å². The van der Waals surface area contributed by atoms with Gasteiger partial charge in [-0.25, -0.2) is 4.39 Å². The number of halogens is 3. The van der Waals surface area contributed by atoms with E-state index in [1.165, 1.54) is 18.2 Å². The minimum Gasteiger partial charge on any atom is -0.352 e. The first-order valence-electron chi connectivity index (χ1n) is 6.83. The van der Waals surface area contributed by atoms with Gasteiger partial charge in [0, 0.05) is 38.3 Å². The van der Waals surface area contributed by atoms with Crippen LogP contribution in [0, 0.1) is 5.82 Å². The van der Waals surface area contributed by atoms with Gasteiger partial charge in [0.1, 0.15) is 5.82 Å². The third-order valence-corrected chi connectivity index (χ3v) is 3.94. The van der Waals surface area contributed by atoms with E-state index in [2.05, 4.69) is 31.5 Å². The lowest BCUT2D eigenvalue weighted by molar-refractivity contribution is 0.0951. The average Bonchev–Trinajstić information content (AvgIpc) is 2.47. The standard InChI is InChI=1S/C14H19BrFN3O.ClH/c15-12-10-11(2-3-13(12)16)14(20)18-4-1-7-19-8-5-17-6-9-19;/h2-3,10,17H,1,4-9H2,(H,18,20);1H. The van der Waals surface area contributed by atoms with Gasteiger partial charge in [-0.2, -0.15) is 0 Å². The van der Waals surface area contributed by atoms with E-state index in [4.69, 9.17) is 0 Å². The van der Waals surface area contributed by atoms with Crippen molar-refractivity contribution in [1.82, 2.24) is 15.5 Å². The maximum absolute atomic E-state index is 13.1. The molecule has 0 aromatic heterocycles. The molecule has 1 fully saturated rings. The molecule has 2 N–H and O–H groups in total. The van der Waals surface area contributed by atoms with Gasteiger partial charge in [0.05, 0.1) is 4.47 Å². The van der Waals surface area contributed by atoms with Gasteiger partial charge in [-0.3, -0.25) is 4.79 Å². The van der Waals surface area contributed by atoms with Crippen LogP contribution < -0.4 is 10.6 Å². The second-order valence-electron chi connectivity index (χ2n) is 4.83. The minimum atomic E-state index is -0.361.